The molecule has 0 bridgehead atoms. The van der Waals surface area contributed by atoms with Crippen LogP contribution in [0.3, 0.4) is 0 Å². The third-order valence-corrected chi connectivity index (χ3v) is 2.75. The van der Waals surface area contributed by atoms with Gasteiger partial charge in [-0.25, -0.2) is 0 Å². The first-order valence-corrected chi connectivity index (χ1v) is 5.80. The molecule has 2 rings (SSSR count). The molecular formula is C13H15N3O3. The van der Waals surface area contributed by atoms with Crippen molar-refractivity contribution >= 4 is 11.4 Å². The van der Waals surface area contributed by atoms with Gasteiger partial charge in [0, 0.05) is 12.6 Å². The molecule has 0 spiro atoms. The summed E-state index contributed by atoms with van der Waals surface area (Å²) in [5, 5.41) is 10.8. The second-order valence-electron chi connectivity index (χ2n) is 4.40. The van der Waals surface area contributed by atoms with Gasteiger partial charge in [0.2, 0.25) is 0 Å². The Morgan fingerprint density at radius 3 is 2.79 bits per heavy atom. The molecule has 0 amide bonds. The number of nitrogen functional groups attached to an aromatic ring is 1. The van der Waals surface area contributed by atoms with Gasteiger partial charge in [0.25, 0.3) is 5.69 Å². The van der Waals surface area contributed by atoms with Gasteiger partial charge in [0.05, 0.1) is 17.7 Å². The van der Waals surface area contributed by atoms with E-state index < -0.39 is 4.92 Å². The zero-order chi connectivity index (χ0) is 13.8. The second kappa shape index (κ2) is 5.53. The van der Waals surface area contributed by atoms with Crippen LogP contribution >= 0.6 is 0 Å². The molecule has 6 nitrogen and oxygen atoms in total. The first-order valence-electron chi connectivity index (χ1n) is 5.80. The van der Waals surface area contributed by atoms with Gasteiger partial charge in [-0.1, -0.05) is 6.07 Å². The van der Waals surface area contributed by atoms with E-state index in [0.29, 0.717) is 13.1 Å². The zero-order valence-corrected chi connectivity index (χ0v) is 10.6. The minimum Gasteiger partial charge on any atom is -0.468 e. The first-order chi connectivity index (χ1) is 9.06. The van der Waals surface area contributed by atoms with E-state index in [1.807, 2.05) is 24.1 Å². The maximum absolute atomic E-state index is 10.8. The second-order valence-corrected chi connectivity index (χ2v) is 4.40. The summed E-state index contributed by atoms with van der Waals surface area (Å²) >= 11 is 0. The van der Waals surface area contributed by atoms with Gasteiger partial charge in [-0.3, -0.25) is 15.0 Å². The summed E-state index contributed by atoms with van der Waals surface area (Å²) in [6, 6.07) is 8.59. The van der Waals surface area contributed by atoms with Crippen molar-refractivity contribution in [3.8, 4) is 0 Å². The van der Waals surface area contributed by atoms with E-state index in [9.17, 15) is 10.1 Å². The molecule has 0 radical (unpaired) electrons. The number of nitrogens with two attached hydrogens (primary N) is 1. The molecule has 2 N–H and O–H groups in total. The smallest absolute Gasteiger partial charge is 0.292 e. The number of rotatable bonds is 5. The van der Waals surface area contributed by atoms with Crippen LogP contribution in [0.15, 0.2) is 41.0 Å². The highest BCUT2D eigenvalue weighted by Crippen LogP contribution is 2.23. The van der Waals surface area contributed by atoms with E-state index in [4.69, 9.17) is 10.2 Å². The van der Waals surface area contributed by atoms with Crippen molar-refractivity contribution in [2.24, 2.45) is 0 Å². The van der Waals surface area contributed by atoms with Crippen molar-refractivity contribution in [2.45, 2.75) is 13.1 Å². The van der Waals surface area contributed by atoms with Gasteiger partial charge in [0.1, 0.15) is 11.4 Å². The summed E-state index contributed by atoms with van der Waals surface area (Å²) in [4.78, 5) is 12.4. The topological polar surface area (TPSA) is 85.5 Å². The van der Waals surface area contributed by atoms with Crippen LogP contribution in [0.25, 0.3) is 0 Å². The fourth-order valence-corrected chi connectivity index (χ4v) is 1.88. The molecule has 1 heterocycles. The molecule has 1 aromatic carbocycles. The molecule has 1 aromatic heterocycles. The zero-order valence-electron chi connectivity index (χ0n) is 10.6. The van der Waals surface area contributed by atoms with Crippen LogP contribution in [0, 0.1) is 10.1 Å². The number of hydrogen-bond acceptors (Lipinski definition) is 5. The maximum Gasteiger partial charge on any atom is 0.292 e. The predicted octanol–water partition coefficient (Wildman–Crippen LogP) is 2.40. The van der Waals surface area contributed by atoms with Crippen molar-refractivity contribution in [3.05, 3.63) is 58.0 Å². The van der Waals surface area contributed by atoms with Gasteiger partial charge in [-0.15, -0.1) is 0 Å². The van der Waals surface area contributed by atoms with Crippen molar-refractivity contribution in [1.29, 1.82) is 0 Å². The molecule has 2 aromatic rings. The normalized spacial score (nSPS) is 10.8. The molecule has 0 fully saturated rings. The summed E-state index contributed by atoms with van der Waals surface area (Å²) in [5.74, 6) is 0.854. The molecule has 0 unspecified atom stereocenters. The van der Waals surface area contributed by atoms with Crippen LogP contribution in [0.2, 0.25) is 0 Å². The summed E-state index contributed by atoms with van der Waals surface area (Å²) in [7, 11) is 1.92. The Hall–Kier alpha value is -2.34. The molecule has 0 aliphatic rings. The molecule has 0 aliphatic carbocycles. The lowest BCUT2D eigenvalue weighted by Crippen LogP contribution is -2.17. The molecule has 0 saturated heterocycles. The van der Waals surface area contributed by atoms with Gasteiger partial charge < -0.3 is 10.2 Å². The minimum atomic E-state index is -0.467. The third kappa shape index (κ3) is 3.32. The molecule has 0 atom stereocenters. The highest BCUT2D eigenvalue weighted by molar-refractivity contribution is 5.59. The van der Waals surface area contributed by atoms with E-state index in [1.54, 1.807) is 18.4 Å². The Bertz CT molecular complexity index is 567. The average Bonchev–Trinajstić information content (AvgIpc) is 2.84. The van der Waals surface area contributed by atoms with Crippen LogP contribution in [0.1, 0.15) is 11.3 Å². The van der Waals surface area contributed by atoms with Gasteiger partial charge >= 0.3 is 0 Å². The third-order valence-electron chi connectivity index (χ3n) is 2.75. The lowest BCUT2D eigenvalue weighted by Gasteiger charge is -2.15. The van der Waals surface area contributed by atoms with E-state index in [0.717, 1.165) is 11.3 Å². The number of furan rings is 1. The number of nitro groups is 1. The monoisotopic (exact) mass is 261 g/mol. The van der Waals surface area contributed by atoms with E-state index in [-0.39, 0.29) is 11.4 Å². The lowest BCUT2D eigenvalue weighted by atomic mass is 10.1. The SMILES string of the molecule is CN(Cc1ccc(N)c([N+](=O)[O-])c1)Cc1ccco1. The van der Waals surface area contributed by atoms with Crippen molar-refractivity contribution < 1.29 is 9.34 Å². The van der Waals surface area contributed by atoms with Crippen LogP contribution in [0.5, 0.6) is 0 Å². The minimum absolute atomic E-state index is 0.0519. The van der Waals surface area contributed by atoms with Gasteiger partial charge in [0.15, 0.2) is 0 Å². The van der Waals surface area contributed by atoms with Crippen molar-refractivity contribution in [1.82, 2.24) is 4.90 Å². The van der Waals surface area contributed by atoms with E-state index >= 15 is 0 Å². The maximum atomic E-state index is 10.8. The number of nitro benzene ring substituents is 1. The Labute approximate surface area is 110 Å². The molecule has 6 heteroatoms. The highest BCUT2D eigenvalue weighted by Gasteiger charge is 2.13. The summed E-state index contributed by atoms with van der Waals surface area (Å²) in [5.41, 5.74) is 6.53. The van der Waals surface area contributed by atoms with Crippen molar-refractivity contribution in [2.75, 3.05) is 12.8 Å². The number of anilines is 1. The quantitative estimate of drug-likeness (QED) is 0.507. The molecule has 19 heavy (non-hydrogen) atoms. The Morgan fingerprint density at radius 1 is 1.37 bits per heavy atom. The summed E-state index contributed by atoms with van der Waals surface area (Å²) in [6.45, 7) is 1.23. The highest BCUT2D eigenvalue weighted by atomic mass is 16.6. The van der Waals surface area contributed by atoms with Crippen LogP contribution < -0.4 is 5.73 Å². The number of nitrogens with zero attached hydrogens (tertiary/aromatic N) is 2. The largest absolute Gasteiger partial charge is 0.468 e. The van der Waals surface area contributed by atoms with Crippen LogP contribution in [-0.4, -0.2) is 16.9 Å². The van der Waals surface area contributed by atoms with Crippen LogP contribution in [0.4, 0.5) is 11.4 Å². The van der Waals surface area contributed by atoms with Crippen LogP contribution in [-0.2, 0) is 13.1 Å². The molecular weight excluding hydrogens is 246 g/mol. The fraction of sp³-hybridized carbons (Fsp3) is 0.231. The fourth-order valence-electron chi connectivity index (χ4n) is 1.88. The van der Waals surface area contributed by atoms with Gasteiger partial charge in [-0.2, -0.15) is 0 Å². The van der Waals surface area contributed by atoms with E-state index in [2.05, 4.69) is 0 Å². The lowest BCUT2D eigenvalue weighted by molar-refractivity contribution is -0.384. The standard InChI is InChI=1S/C13H15N3O3/c1-15(9-11-3-2-6-19-11)8-10-4-5-12(14)13(7-10)16(17)18/h2-7H,8-9,14H2,1H3. The number of hydrogen-bond donors (Lipinski definition) is 1. The Balaban J connectivity index is 2.06. The molecule has 100 valence electrons. The predicted molar refractivity (Wildman–Crippen MR) is 71.4 cm³/mol. The number of benzene rings is 1. The van der Waals surface area contributed by atoms with E-state index in [1.165, 1.54) is 6.07 Å². The molecule has 0 aliphatic heterocycles. The average molecular weight is 261 g/mol. The Morgan fingerprint density at radius 2 is 2.16 bits per heavy atom. The van der Waals surface area contributed by atoms with Gasteiger partial charge in [-0.05, 0) is 30.8 Å². The first kappa shape index (κ1) is 13.1. The summed E-state index contributed by atoms with van der Waals surface area (Å²) < 4.78 is 5.25. The summed E-state index contributed by atoms with van der Waals surface area (Å²) in [6.07, 6.45) is 1.62. The van der Waals surface area contributed by atoms with Crippen molar-refractivity contribution in [3.63, 3.8) is 0 Å². The molecule has 0 saturated carbocycles. The Kier molecular flexibility index (Phi) is 3.82.